The zero-order valence-corrected chi connectivity index (χ0v) is 11.5. The molecule has 1 fully saturated rings. The molecule has 1 aliphatic carbocycles. The van der Waals surface area contributed by atoms with E-state index in [-0.39, 0.29) is 11.9 Å². The highest BCUT2D eigenvalue weighted by atomic mass is 16.1. The van der Waals surface area contributed by atoms with E-state index in [1.807, 2.05) is 0 Å². The van der Waals surface area contributed by atoms with Crippen LogP contribution < -0.4 is 11.1 Å². The van der Waals surface area contributed by atoms with E-state index < -0.39 is 0 Å². The predicted octanol–water partition coefficient (Wildman–Crippen LogP) is 2.44. The second-order valence-electron chi connectivity index (χ2n) is 5.90. The first-order chi connectivity index (χ1) is 8.00. The van der Waals surface area contributed by atoms with Gasteiger partial charge in [0.15, 0.2) is 0 Å². The molecule has 0 radical (unpaired) electrons. The molecule has 100 valence electrons. The minimum atomic E-state index is -0.0175. The smallest absolute Gasteiger partial charge is 0.221 e. The third kappa shape index (κ3) is 5.07. The van der Waals surface area contributed by atoms with Crippen LogP contribution in [0.4, 0.5) is 0 Å². The number of hydrogen-bond donors (Lipinski definition) is 2. The molecule has 0 aliphatic heterocycles. The molecule has 3 nitrogen and oxygen atoms in total. The van der Waals surface area contributed by atoms with Crippen LogP contribution in [0.3, 0.4) is 0 Å². The van der Waals surface area contributed by atoms with Crippen molar-refractivity contribution in [1.29, 1.82) is 0 Å². The molecular formula is C14H28N2O. The van der Waals surface area contributed by atoms with Gasteiger partial charge in [0.05, 0.1) is 0 Å². The number of nitrogens with one attached hydrogen (secondary N) is 1. The Morgan fingerprint density at radius 2 is 1.94 bits per heavy atom. The van der Waals surface area contributed by atoms with E-state index in [0.29, 0.717) is 24.3 Å². The Hall–Kier alpha value is -0.570. The van der Waals surface area contributed by atoms with Gasteiger partial charge in [0.1, 0.15) is 0 Å². The second-order valence-corrected chi connectivity index (χ2v) is 5.90. The quantitative estimate of drug-likeness (QED) is 0.742. The maximum atomic E-state index is 11.9. The van der Waals surface area contributed by atoms with Gasteiger partial charge in [-0.2, -0.15) is 0 Å². The number of nitrogens with two attached hydrogens (primary N) is 1. The third-order valence-corrected chi connectivity index (χ3v) is 3.99. The van der Waals surface area contributed by atoms with E-state index in [2.05, 4.69) is 26.1 Å². The molecule has 17 heavy (non-hydrogen) atoms. The normalized spacial score (nSPS) is 27.6. The van der Waals surface area contributed by atoms with Gasteiger partial charge in [-0.15, -0.1) is 0 Å². The number of rotatable bonds is 4. The Labute approximate surface area is 106 Å². The average molecular weight is 240 g/mol. The lowest BCUT2D eigenvalue weighted by atomic mass is 9.96. The SMILES string of the molecule is CC(C)C(N)CC(=O)NC1CCCCCC1C. The monoisotopic (exact) mass is 240 g/mol. The van der Waals surface area contributed by atoms with Crippen LogP contribution in [0, 0.1) is 11.8 Å². The van der Waals surface area contributed by atoms with Crippen molar-refractivity contribution in [2.45, 2.75) is 71.4 Å². The molecule has 3 heteroatoms. The zero-order valence-electron chi connectivity index (χ0n) is 11.5. The van der Waals surface area contributed by atoms with Crippen LogP contribution in [-0.2, 0) is 4.79 Å². The summed E-state index contributed by atoms with van der Waals surface area (Å²) < 4.78 is 0. The topological polar surface area (TPSA) is 55.1 Å². The fourth-order valence-electron chi connectivity index (χ4n) is 2.42. The molecule has 1 rings (SSSR count). The summed E-state index contributed by atoms with van der Waals surface area (Å²) in [6, 6.07) is 0.348. The van der Waals surface area contributed by atoms with Crippen LogP contribution in [0.2, 0.25) is 0 Å². The Morgan fingerprint density at radius 1 is 1.29 bits per heavy atom. The molecule has 3 unspecified atom stereocenters. The van der Waals surface area contributed by atoms with Gasteiger partial charge in [0.25, 0.3) is 0 Å². The largest absolute Gasteiger partial charge is 0.353 e. The van der Waals surface area contributed by atoms with Gasteiger partial charge in [-0.25, -0.2) is 0 Å². The van der Waals surface area contributed by atoms with Crippen molar-refractivity contribution >= 4 is 5.91 Å². The van der Waals surface area contributed by atoms with E-state index in [9.17, 15) is 4.79 Å². The van der Waals surface area contributed by atoms with Crippen LogP contribution in [0.1, 0.15) is 59.3 Å². The maximum Gasteiger partial charge on any atom is 0.221 e. The summed E-state index contributed by atoms with van der Waals surface area (Å²) >= 11 is 0. The molecule has 0 aromatic heterocycles. The minimum absolute atomic E-state index is 0.0175. The third-order valence-electron chi connectivity index (χ3n) is 3.99. The standard InChI is InChI=1S/C14H28N2O/c1-10(2)12(15)9-14(17)16-13-8-6-4-5-7-11(13)3/h10-13H,4-9,15H2,1-3H3,(H,16,17). The Morgan fingerprint density at radius 3 is 2.59 bits per heavy atom. The van der Waals surface area contributed by atoms with E-state index in [1.54, 1.807) is 0 Å². The minimum Gasteiger partial charge on any atom is -0.353 e. The van der Waals surface area contributed by atoms with Crippen LogP contribution in [-0.4, -0.2) is 18.0 Å². The zero-order chi connectivity index (χ0) is 12.8. The van der Waals surface area contributed by atoms with Gasteiger partial charge in [0.2, 0.25) is 5.91 Å². The van der Waals surface area contributed by atoms with Gasteiger partial charge in [-0.3, -0.25) is 4.79 Å². The molecule has 3 N–H and O–H groups in total. The second kappa shape index (κ2) is 7.00. The van der Waals surface area contributed by atoms with E-state index in [4.69, 9.17) is 5.73 Å². The van der Waals surface area contributed by atoms with Crippen molar-refractivity contribution in [3.63, 3.8) is 0 Å². The molecule has 1 amide bonds. The summed E-state index contributed by atoms with van der Waals surface area (Å²) in [5.41, 5.74) is 5.93. The van der Waals surface area contributed by atoms with Gasteiger partial charge in [-0.05, 0) is 24.7 Å². The Bertz CT molecular complexity index is 240. The Balaban J connectivity index is 2.38. The molecule has 0 aromatic rings. The number of amides is 1. The van der Waals surface area contributed by atoms with E-state index in [1.165, 1.54) is 25.7 Å². The van der Waals surface area contributed by atoms with Crippen molar-refractivity contribution in [3.05, 3.63) is 0 Å². The number of hydrogen-bond acceptors (Lipinski definition) is 2. The summed E-state index contributed by atoms with van der Waals surface area (Å²) in [4.78, 5) is 11.9. The van der Waals surface area contributed by atoms with Crippen molar-refractivity contribution in [2.75, 3.05) is 0 Å². The van der Waals surface area contributed by atoms with Gasteiger partial charge in [0, 0.05) is 18.5 Å². The highest BCUT2D eigenvalue weighted by molar-refractivity contribution is 5.76. The van der Waals surface area contributed by atoms with Crippen molar-refractivity contribution < 1.29 is 4.79 Å². The van der Waals surface area contributed by atoms with Crippen molar-refractivity contribution in [1.82, 2.24) is 5.32 Å². The number of carbonyl (C=O) groups excluding carboxylic acids is 1. The summed E-state index contributed by atoms with van der Waals surface area (Å²) in [5.74, 6) is 1.11. The average Bonchev–Trinajstić information content (AvgIpc) is 2.44. The van der Waals surface area contributed by atoms with E-state index in [0.717, 1.165) is 6.42 Å². The molecule has 0 saturated heterocycles. The van der Waals surface area contributed by atoms with E-state index >= 15 is 0 Å². The molecule has 1 aliphatic rings. The summed E-state index contributed by atoms with van der Waals surface area (Å²) in [5, 5.41) is 3.18. The maximum absolute atomic E-state index is 11.9. The lowest BCUT2D eigenvalue weighted by Gasteiger charge is -2.24. The van der Waals surface area contributed by atoms with Crippen LogP contribution in [0.5, 0.6) is 0 Å². The lowest BCUT2D eigenvalue weighted by Crippen LogP contribution is -2.42. The van der Waals surface area contributed by atoms with Crippen molar-refractivity contribution in [2.24, 2.45) is 17.6 Å². The first kappa shape index (κ1) is 14.5. The Kier molecular flexibility index (Phi) is 5.96. The number of carbonyl (C=O) groups is 1. The molecule has 3 atom stereocenters. The van der Waals surface area contributed by atoms with Gasteiger partial charge >= 0.3 is 0 Å². The fraction of sp³-hybridized carbons (Fsp3) is 0.929. The first-order valence-electron chi connectivity index (χ1n) is 7.05. The van der Waals surface area contributed by atoms with Gasteiger partial charge < -0.3 is 11.1 Å². The summed E-state index contributed by atoms with van der Waals surface area (Å²) in [7, 11) is 0. The van der Waals surface area contributed by atoms with Crippen LogP contribution in [0.25, 0.3) is 0 Å². The molecule has 0 spiro atoms. The molecular weight excluding hydrogens is 212 g/mol. The molecule has 1 saturated carbocycles. The first-order valence-corrected chi connectivity index (χ1v) is 7.05. The highest BCUT2D eigenvalue weighted by Gasteiger charge is 2.22. The molecule has 0 heterocycles. The van der Waals surface area contributed by atoms with Crippen LogP contribution >= 0.6 is 0 Å². The van der Waals surface area contributed by atoms with Crippen LogP contribution in [0.15, 0.2) is 0 Å². The van der Waals surface area contributed by atoms with Crippen molar-refractivity contribution in [3.8, 4) is 0 Å². The highest BCUT2D eigenvalue weighted by Crippen LogP contribution is 2.23. The van der Waals surface area contributed by atoms with Gasteiger partial charge in [-0.1, -0.05) is 40.0 Å². The molecule has 0 bridgehead atoms. The fourth-order valence-corrected chi connectivity index (χ4v) is 2.42. The predicted molar refractivity (Wildman–Crippen MR) is 71.6 cm³/mol. The lowest BCUT2D eigenvalue weighted by molar-refractivity contribution is -0.122. The molecule has 0 aromatic carbocycles. The summed E-state index contributed by atoms with van der Waals surface area (Å²) in [6.07, 6.45) is 6.68. The summed E-state index contributed by atoms with van der Waals surface area (Å²) in [6.45, 7) is 6.37.